The van der Waals surface area contributed by atoms with Crippen molar-refractivity contribution in [1.29, 1.82) is 0 Å². The van der Waals surface area contributed by atoms with E-state index in [9.17, 15) is 15.3 Å². The number of H-pyrrole nitrogens is 1. The van der Waals surface area contributed by atoms with E-state index >= 15 is 0 Å². The molecule has 140 valence electrons. The Balaban J connectivity index is 1.77. The Bertz CT molecular complexity index is 1090. The van der Waals surface area contributed by atoms with Gasteiger partial charge < -0.3 is 10.2 Å². The third-order valence-electron chi connectivity index (χ3n) is 4.82. The molecule has 0 aliphatic carbocycles. The van der Waals surface area contributed by atoms with Crippen LogP contribution in [0.15, 0.2) is 85.1 Å². The summed E-state index contributed by atoms with van der Waals surface area (Å²) in [6.07, 6.45) is 1.88. The molecule has 0 bridgehead atoms. The number of hydroxylamine groups is 2. The second-order valence-corrected chi connectivity index (χ2v) is 6.62. The first-order valence-corrected chi connectivity index (χ1v) is 8.93. The number of nitrogens with zero attached hydrogens (tertiary/aromatic N) is 2. The average Bonchev–Trinajstić information content (AvgIpc) is 3.13. The van der Waals surface area contributed by atoms with Gasteiger partial charge in [0.2, 0.25) is 0 Å². The van der Waals surface area contributed by atoms with Gasteiger partial charge in [0.05, 0.1) is 11.0 Å². The van der Waals surface area contributed by atoms with E-state index in [1.165, 1.54) is 17.2 Å². The van der Waals surface area contributed by atoms with E-state index in [0.29, 0.717) is 6.54 Å². The Morgan fingerprint density at radius 1 is 0.964 bits per heavy atom. The Labute approximate surface area is 161 Å². The molecule has 0 fully saturated rings. The Morgan fingerprint density at radius 3 is 2.36 bits per heavy atom. The van der Waals surface area contributed by atoms with Crippen LogP contribution in [0.25, 0.3) is 10.9 Å². The van der Waals surface area contributed by atoms with Gasteiger partial charge in [-0.25, -0.2) is 0 Å². The minimum atomic E-state index is -0.475. The van der Waals surface area contributed by atoms with Gasteiger partial charge in [-0.2, -0.15) is 5.06 Å². The summed E-state index contributed by atoms with van der Waals surface area (Å²) in [7, 11) is 0. The van der Waals surface area contributed by atoms with Crippen LogP contribution in [0.3, 0.4) is 0 Å². The standard InChI is InChI=1S/C22H19N3O3/c26-24(15-16-6-2-1-3-7-16)22(17-10-12-18(13-11-17)25(27)28)20-14-23-21-9-5-4-8-19(20)21/h1-14,22-23,26H,15H2. The van der Waals surface area contributed by atoms with Gasteiger partial charge in [0, 0.05) is 41.3 Å². The van der Waals surface area contributed by atoms with Crippen molar-refractivity contribution < 1.29 is 10.1 Å². The number of benzene rings is 3. The molecule has 0 aliphatic rings. The van der Waals surface area contributed by atoms with E-state index in [1.807, 2.05) is 60.8 Å². The smallest absolute Gasteiger partial charge is 0.269 e. The van der Waals surface area contributed by atoms with Crippen molar-refractivity contribution in [2.24, 2.45) is 0 Å². The molecule has 6 nitrogen and oxygen atoms in total. The predicted molar refractivity (Wildman–Crippen MR) is 107 cm³/mol. The van der Waals surface area contributed by atoms with Crippen LogP contribution in [0.5, 0.6) is 0 Å². The quantitative estimate of drug-likeness (QED) is 0.366. The minimum absolute atomic E-state index is 0.0222. The first-order valence-electron chi connectivity index (χ1n) is 8.93. The molecule has 6 heteroatoms. The maximum atomic E-state index is 11.0. The van der Waals surface area contributed by atoms with E-state index in [0.717, 1.165) is 27.6 Å². The van der Waals surface area contributed by atoms with Crippen LogP contribution in [0, 0.1) is 10.1 Å². The highest BCUT2D eigenvalue weighted by molar-refractivity contribution is 5.84. The number of rotatable bonds is 6. The van der Waals surface area contributed by atoms with Gasteiger partial charge in [-0.05, 0) is 17.2 Å². The summed E-state index contributed by atoms with van der Waals surface area (Å²) < 4.78 is 0. The van der Waals surface area contributed by atoms with Crippen molar-refractivity contribution in [3.05, 3.63) is 112 Å². The average molecular weight is 373 g/mol. The second kappa shape index (κ2) is 7.64. The lowest BCUT2D eigenvalue weighted by Gasteiger charge is -2.26. The fourth-order valence-corrected chi connectivity index (χ4v) is 3.47. The van der Waals surface area contributed by atoms with Crippen molar-refractivity contribution >= 4 is 16.6 Å². The van der Waals surface area contributed by atoms with E-state index in [4.69, 9.17) is 0 Å². The van der Waals surface area contributed by atoms with Crippen molar-refractivity contribution in [1.82, 2.24) is 10.0 Å². The summed E-state index contributed by atoms with van der Waals surface area (Å²) in [6, 6.07) is 23.4. The molecule has 4 rings (SSSR count). The predicted octanol–water partition coefficient (Wildman–Crippen LogP) is 5.06. The molecule has 2 N–H and O–H groups in total. The lowest BCUT2D eigenvalue weighted by Crippen LogP contribution is -2.25. The molecular formula is C22H19N3O3. The van der Waals surface area contributed by atoms with Crippen LogP contribution in [-0.4, -0.2) is 20.2 Å². The molecule has 1 atom stereocenters. The number of hydrogen-bond donors (Lipinski definition) is 2. The Hall–Kier alpha value is -3.48. The summed E-state index contributed by atoms with van der Waals surface area (Å²) in [5.41, 5.74) is 3.64. The third kappa shape index (κ3) is 3.51. The highest BCUT2D eigenvalue weighted by atomic mass is 16.6. The molecule has 0 amide bonds. The fraction of sp³-hybridized carbons (Fsp3) is 0.0909. The number of hydrogen-bond acceptors (Lipinski definition) is 4. The van der Waals surface area contributed by atoms with Gasteiger partial charge in [-0.15, -0.1) is 0 Å². The summed E-state index contributed by atoms with van der Waals surface area (Å²) in [5.74, 6) is 0. The molecule has 4 aromatic rings. The van der Waals surface area contributed by atoms with E-state index in [1.54, 1.807) is 12.1 Å². The van der Waals surface area contributed by atoms with Crippen LogP contribution in [0.1, 0.15) is 22.7 Å². The number of para-hydroxylation sites is 1. The number of non-ortho nitro benzene ring substituents is 1. The van der Waals surface area contributed by atoms with Gasteiger partial charge in [0.1, 0.15) is 0 Å². The molecular weight excluding hydrogens is 354 g/mol. The number of nitro benzene ring substituents is 1. The molecule has 0 saturated heterocycles. The SMILES string of the molecule is O=[N+]([O-])c1ccc(C(c2c[nH]c3ccccc23)N(O)Cc2ccccc2)cc1. The van der Waals surface area contributed by atoms with E-state index in [-0.39, 0.29) is 5.69 Å². The molecule has 1 heterocycles. The zero-order valence-corrected chi connectivity index (χ0v) is 15.0. The number of nitro groups is 1. The van der Waals surface area contributed by atoms with E-state index in [2.05, 4.69) is 4.98 Å². The van der Waals surface area contributed by atoms with Crippen LogP contribution >= 0.6 is 0 Å². The normalized spacial score (nSPS) is 12.4. The van der Waals surface area contributed by atoms with Crippen molar-refractivity contribution in [2.45, 2.75) is 12.6 Å². The zero-order chi connectivity index (χ0) is 19.5. The van der Waals surface area contributed by atoms with Crippen LogP contribution in [0.2, 0.25) is 0 Å². The highest BCUT2D eigenvalue weighted by Gasteiger charge is 2.25. The molecule has 0 saturated carbocycles. The van der Waals surface area contributed by atoms with Gasteiger partial charge in [-0.1, -0.05) is 60.7 Å². The van der Waals surface area contributed by atoms with Crippen LogP contribution in [-0.2, 0) is 6.54 Å². The Morgan fingerprint density at radius 2 is 1.64 bits per heavy atom. The number of fused-ring (bicyclic) bond motifs is 1. The minimum Gasteiger partial charge on any atom is -0.361 e. The molecule has 0 spiro atoms. The van der Waals surface area contributed by atoms with E-state index < -0.39 is 11.0 Å². The number of aromatic amines is 1. The first-order chi connectivity index (χ1) is 13.6. The summed E-state index contributed by atoms with van der Waals surface area (Å²) >= 11 is 0. The van der Waals surface area contributed by atoms with Gasteiger partial charge >= 0.3 is 0 Å². The second-order valence-electron chi connectivity index (χ2n) is 6.62. The maximum Gasteiger partial charge on any atom is 0.269 e. The van der Waals surface area contributed by atoms with Gasteiger partial charge in [-0.3, -0.25) is 10.1 Å². The molecule has 0 aliphatic heterocycles. The molecule has 3 aromatic carbocycles. The van der Waals surface area contributed by atoms with Gasteiger partial charge in [0.25, 0.3) is 5.69 Å². The third-order valence-corrected chi connectivity index (χ3v) is 4.82. The molecule has 0 radical (unpaired) electrons. The number of nitrogens with one attached hydrogen (secondary N) is 1. The topological polar surface area (TPSA) is 82.4 Å². The Kier molecular flexibility index (Phi) is 4.89. The summed E-state index contributed by atoms with van der Waals surface area (Å²) in [6.45, 7) is 0.321. The maximum absolute atomic E-state index is 11.0. The lowest BCUT2D eigenvalue weighted by atomic mass is 9.97. The highest BCUT2D eigenvalue weighted by Crippen LogP contribution is 2.34. The first kappa shape index (κ1) is 17.9. The largest absolute Gasteiger partial charge is 0.361 e. The lowest BCUT2D eigenvalue weighted by molar-refractivity contribution is -0.384. The molecule has 1 unspecified atom stereocenters. The van der Waals surface area contributed by atoms with Crippen molar-refractivity contribution in [2.75, 3.05) is 0 Å². The summed E-state index contributed by atoms with van der Waals surface area (Å²) in [5, 5.41) is 24.3. The monoisotopic (exact) mass is 373 g/mol. The van der Waals surface area contributed by atoms with Crippen LogP contribution in [0.4, 0.5) is 5.69 Å². The zero-order valence-electron chi connectivity index (χ0n) is 15.0. The van der Waals surface area contributed by atoms with Gasteiger partial charge in [0.15, 0.2) is 0 Å². The molecule has 1 aromatic heterocycles. The molecule has 28 heavy (non-hydrogen) atoms. The fourth-order valence-electron chi connectivity index (χ4n) is 3.47. The summed E-state index contributed by atoms with van der Waals surface area (Å²) in [4.78, 5) is 13.8. The van der Waals surface area contributed by atoms with Crippen molar-refractivity contribution in [3.63, 3.8) is 0 Å². The van der Waals surface area contributed by atoms with Crippen molar-refractivity contribution in [3.8, 4) is 0 Å². The number of aromatic nitrogens is 1. The van der Waals surface area contributed by atoms with Crippen LogP contribution < -0.4 is 0 Å².